The Morgan fingerprint density at radius 2 is 1.91 bits per heavy atom. The molecule has 0 amide bonds. The van der Waals surface area contributed by atoms with E-state index in [9.17, 15) is 13.2 Å². The zero-order valence-corrected chi connectivity index (χ0v) is 12.8. The number of nitrogens with one attached hydrogen (secondary N) is 1. The van der Waals surface area contributed by atoms with E-state index in [-0.39, 0.29) is 30.5 Å². The van der Waals surface area contributed by atoms with Crippen LogP contribution in [-0.2, 0) is 19.3 Å². The van der Waals surface area contributed by atoms with Crippen LogP contribution < -0.4 is 10.2 Å². The Bertz CT molecular complexity index is 603. The van der Waals surface area contributed by atoms with Crippen molar-refractivity contribution in [3.05, 3.63) is 41.3 Å². The van der Waals surface area contributed by atoms with Gasteiger partial charge in [0.1, 0.15) is 0 Å². The molecule has 0 saturated carbocycles. The van der Waals surface area contributed by atoms with Crippen LogP contribution in [-0.4, -0.2) is 24.3 Å². The summed E-state index contributed by atoms with van der Waals surface area (Å²) >= 11 is 0. The fourth-order valence-corrected chi connectivity index (χ4v) is 1.88. The largest absolute Gasteiger partial charge is 0.416 e. The second kappa shape index (κ2) is 7.46. The van der Waals surface area contributed by atoms with E-state index in [0.29, 0.717) is 12.4 Å². The number of hydrogen-bond acceptors (Lipinski definition) is 5. The standard InChI is InChI=1S/C13H15F3N4O.ClH/c1-17-7-11-18-19-12(21-11)20(2)8-9-5-3-4-6-10(9)13(14,15)16;/h3-6,17H,7-8H2,1-2H3;1H. The van der Waals surface area contributed by atoms with Gasteiger partial charge in [0.2, 0.25) is 5.89 Å². The number of rotatable bonds is 5. The maximum atomic E-state index is 12.9. The molecular formula is C13H16ClF3N4O. The molecule has 0 spiro atoms. The van der Waals surface area contributed by atoms with Crippen molar-refractivity contribution in [1.29, 1.82) is 0 Å². The van der Waals surface area contributed by atoms with Gasteiger partial charge in [-0.2, -0.15) is 13.2 Å². The molecule has 2 rings (SSSR count). The highest BCUT2D eigenvalue weighted by Gasteiger charge is 2.33. The van der Waals surface area contributed by atoms with Crippen molar-refractivity contribution in [3.63, 3.8) is 0 Å². The monoisotopic (exact) mass is 336 g/mol. The smallest absolute Gasteiger partial charge is 0.407 e. The summed E-state index contributed by atoms with van der Waals surface area (Å²) in [5.41, 5.74) is -0.507. The highest BCUT2D eigenvalue weighted by molar-refractivity contribution is 5.85. The molecule has 0 atom stereocenters. The van der Waals surface area contributed by atoms with Gasteiger partial charge < -0.3 is 14.6 Å². The average molecular weight is 337 g/mol. The van der Waals surface area contributed by atoms with E-state index in [1.54, 1.807) is 20.2 Å². The molecule has 1 aromatic heterocycles. The van der Waals surface area contributed by atoms with Gasteiger partial charge >= 0.3 is 12.2 Å². The molecule has 0 radical (unpaired) electrons. The predicted octanol–water partition coefficient (Wildman–Crippen LogP) is 2.87. The third kappa shape index (κ3) is 4.35. The van der Waals surface area contributed by atoms with Crippen LogP contribution in [0.4, 0.5) is 19.2 Å². The first-order valence-electron chi connectivity index (χ1n) is 6.25. The zero-order valence-electron chi connectivity index (χ0n) is 12.0. The first kappa shape index (κ1) is 18.2. The summed E-state index contributed by atoms with van der Waals surface area (Å²) in [6.07, 6.45) is -4.39. The van der Waals surface area contributed by atoms with Gasteiger partial charge in [-0.25, -0.2) is 0 Å². The van der Waals surface area contributed by atoms with E-state index in [4.69, 9.17) is 4.42 Å². The first-order valence-corrected chi connectivity index (χ1v) is 6.25. The van der Waals surface area contributed by atoms with Crippen LogP contribution in [0.5, 0.6) is 0 Å². The molecule has 0 aliphatic carbocycles. The van der Waals surface area contributed by atoms with E-state index in [0.717, 1.165) is 6.07 Å². The molecule has 0 aliphatic heterocycles. The van der Waals surface area contributed by atoms with Crippen molar-refractivity contribution in [2.75, 3.05) is 19.0 Å². The van der Waals surface area contributed by atoms with Gasteiger partial charge in [0, 0.05) is 13.6 Å². The van der Waals surface area contributed by atoms with Gasteiger partial charge in [0.25, 0.3) is 0 Å². The number of alkyl halides is 3. The van der Waals surface area contributed by atoms with Crippen LogP contribution in [0.15, 0.2) is 28.7 Å². The Kier molecular flexibility index (Phi) is 6.19. The van der Waals surface area contributed by atoms with Crippen molar-refractivity contribution in [2.24, 2.45) is 0 Å². The maximum absolute atomic E-state index is 12.9. The van der Waals surface area contributed by atoms with Crippen LogP contribution in [0, 0.1) is 0 Å². The van der Waals surface area contributed by atoms with E-state index < -0.39 is 11.7 Å². The number of benzene rings is 1. The van der Waals surface area contributed by atoms with Crippen LogP contribution in [0.2, 0.25) is 0 Å². The van der Waals surface area contributed by atoms with Crippen LogP contribution in [0.1, 0.15) is 17.0 Å². The number of aromatic nitrogens is 2. The summed E-state index contributed by atoms with van der Waals surface area (Å²) < 4.78 is 44.1. The Morgan fingerprint density at radius 3 is 2.55 bits per heavy atom. The lowest BCUT2D eigenvalue weighted by molar-refractivity contribution is -0.138. The summed E-state index contributed by atoms with van der Waals surface area (Å²) in [5.74, 6) is 0.378. The number of anilines is 1. The summed E-state index contributed by atoms with van der Waals surface area (Å²) in [6, 6.07) is 5.60. The molecule has 0 aliphatic rings. The quantitative estimate of drug-likeness (QED) is 0.910. The Labute approximate surface area is 131 Å². The number of halogens is 4. The Morgan fingerprint density at radius 1 is 1.23 bits per heavy atom. The molecule has 0 bridgehead atoms. The molecule has 22 heavy (non-hydrogen) atoms. The maximum Gasteiger partial charge on any atom is 0.416 e. The third-order valence-corrected chi connectivity index (χ3v) is 2.84. The SMILES string of the molecule is CNCc1nnc(N(C)Cc2ccccc2C(F)(F)F)o1.Cl. The molecule has 0 unspecified atom stereocenters. The zero-order chi connectivity index (χ0) is 15.5. The molecule has 0 fully saturated rings. The lowest BCUT2D eigenvalue weighted by Crippen LogP contribution is -2.20. The van der Waals surface area contributed by atoms with Crippen molar-refractivity contribution in [3.8, 4) is 0 Å². The second-order valence-corrected chi connectivity index (χ2v) is 4.52. The van der Waals surface area contributed by atoms with Crippen LogP contribution in [0.3, 0.4) is 0 Å². The predicted molar refractivity (Wildman–Crippen MR) is 77.9 cm³/mol. The van der Waals surface area contributed by atoms with E-state index in [1.165, 1.54) is 17.0 Å². The fourth-order valence-electron chi connectivity index (χ4n) is 1.88. The van der Waals surface area contributed by atoms with E-state index >= 15 is 0 Å². The average Bonchev–Trinajstić information content (AvgIpc) is 2.87. The van der Waals surface area contributed by atoms with Gasteiger partial charge in [-0.3, -0.25) is 0 Å². The number of nitrogens with zero attached hydrogens (tertiary/aromatic N) is 3. The molecule has 1 aromatic carbocycles. The lowest BCUT2D eigenvalue weighted by Gasteiger charge is -2.18. The molecule has 122 valence electrons. The van der Waals surface area contributed by atoms with Gasteiger partial charge in [0.05, 0.1) is 12.1 Å². The van der Waals surface area contributed by atoms with Crippen molar-refractivity contribution >= 4 is 18.4 Å². The molecule has 9 heteroatoms. The van der Waals surface area contributed by atoms with Gasteiger partial charge in [-0.05, 0) is 18.7 Å². The highest BCUT2D eigenvalue weighted by atomic mass is 35.5. The fraction of sp³-hybridized carbons (Fsp3) is 0.385. The van der Waals surface area contributed by atoms with Crippen molar-refractivity contribution < 1.29 is 17.6 Å². The minimum atomic E-state index is -4.39. The van der Waals surface area contributed by atoms with Gasteiger partial charge in [-0.15, -0.1) is 17.5 Å². The summed E-state index contributed by atoms with van der Waals surface area (Å²) in [5, 5.41) is 10.5. The van der Waals surface area contributed by atoms with Gasteiger partial charge in [0.15, 0.2) is 0 Å². The molecular weight excluding hydrogens is 321 g/mol. The van der Waals surface area contributed by atoms with Crippen LogP contribution >= 0.6 is 12.4 Å². The molecule has 0 saturated heterocycles. The van der Waals surface area contributed by atoms with Crippen LogP contribution in [0.25, 0.3) is 0 Å². The summed E-state index contributed by atoms with van der Waals surface area (Å²) in [4.78, 5) is 1.48. The van der Waals surface area contributed by atoms with E-state index in [2.05, 4.69) is 15.5 Å². The number of hydrogen-bond donors (Lipinski definition) is 1. The summed E-state index contributed by atoms with van der Waals surface area (Å²) in [6.45, 7) is 0.427. The first-order chi connectivity index (χ1) is 9.91. The minimum Gasteiger partial charge on any atom is -0.407 e. The Hall–Kier alpha value is -1.80. The Balaban J connectivity index is 0.00000242. The molecule has 2 aromatic rings. The second-order valence-electron chi connectivity index (χ2n) is 4.52. The topological polar surface area (TPSA) is 54.2 Å². The van der Waals surface area contributed by atoms with E-state index in [1.807, 2.05) is 0 Å². The minimum absolute atomic E-state index is 0. The normalized spacial score (nSPS) is 11.1. The molecule has 1 N–H and O–H groups in total. The van der Waals surface area contributed by atoms with Gasteiger partial charge in [-0.1, -0.05) is 23.3 Å². The summed E-state index contributed by atoms with van der Waals surface area (Å²) in [7, 11) is 3.33. The highest BCUT2D eigenvalue weighted by Crippen LogP contribution is 2.32. The molecule has 1 heterocycles. The van der Waals surface area contributed by atoms with Crippen molar-refractivity contribution in [1.82, 2.24) is 15.5 Å². The third-order valence-electron chi connectivity index (χ3n) is 2.84. The van der Waals surface area contributed by atoms with Crippen molar-refractivity contribution in [2.45, 2.75) is 19.3 Å². The molecule has 5 nitrogen and oxygen atoms in total. The lowest BCUT2D eigenvalue weighted by atomic mass is 10.1.